The van der Waals surface area contributed by atoms with Crippen molar-refractivity contribution < 1.29 is 18.0 Å². The van der Waals surface area contributed by atoms with Crippen LogP contribution >= 0.6 is 0 Å². The summed E-state index contributed by atoms with van der Waals surface area (Å²) in [7, 11) is -3.44. The Hall–Kier alpha value is -2.97. The molecule has 0 aliphatic rings. The zero-order valence-corrected chi connectivity index (χ0v) is 18.2. The van der Waals surface area contributed by atoms with E-state index in [9.17, 15) is 18.0 Å². The number of anilines is 2. The molecule has 0 aromatic heterocycles. The smallest absolute Gasteiger partial charge is 0.255 e. The first-order valence-corrected chi connectivity index (χ1v) is 11.1. The van der Waals surface area contributed by atoms with Crippen molar-refractivity contribution in [2.75, 3.05) is 17.2 Å². The molecule has 0 aliphatic heterocycles. The van der Waals surface area contributed by atoms with Gasteiger partial charge >= 0.3 is 0 Å². The summed E-state index contributed by atoms with van der Waals surface area (Å²) in [4.78, 5) is 24.7. The molecule has 0 bridgehead atoms. The van der Waals surface area contributed by atoms with Gasteiger partial charge in [0.1, 0.15) is 0 Å². The minimum Gasteiger partial charge on any atom is -0.326 e. The minimum atomic E-state index is -3.44. The predicted molar refractivity (Wildman–Crippen MR) is 120 cm³/mol. The van der Waals surface area contributed by atoms with Crippen molar-refractivity contribution in [2.24, 2.45) is 5.41 Å². The second-order valence-electron chi connectivity index (χ2n) is 7.83. The van der Waals surface area contributed by atoms with Crippen LogP contribution in [0.15, 0.2) is 61.2 Å². The van der Waals surface area contributed by atoms with E-state index >= 15 is 0 Å². The van der Waals surface area contributed by atoms with E-state index < -0.39 is 15.4 Å². The molecule has 8 heteroatoms. The summed E-state index contributed by atoms with van der Waals surface area (Å²) in [5.74, 6) is -0.645. The largest absolute Gasteiger partial charge is 0.326 e. The van der Waals surface area contributed by atoms with E-state index in [0.29, 0.717) is 22.5 Å². The summed E-state index contributed by atoms with van der Waals surface area (Å²) < 4.78 is 26.2. The molecular weight excluding hydrogens is 402 g/mol. The zero-order valence-electron chi connectivity index (χ0n) is 17.4. The third-order valence-corrected chi connectivity index (χ3v) is 5.40. The molecule has 3 N–H and O–H groups in total. The van der Waals surface area contributed by atoms with Crippen molar-refractivity contribution in [3.05, 3.63) is 72.3 Å². The molecule has 2 aromatic rings. The van der Waals surface area contributed by atoms with Crippen LogP contribution in [0.3, 0.4) is 0 Å². The van der Waals surface area contributed by atoms with Gasteiger partial charge in [0.2, 0.25) is 15.9 Å². The molecule has 0 saturated carbocycles. The number of hydrogen-bond acceptors (Lipinski definition) is 4. The molecule has 2 rings (SSSR count). The van der Waals surface area contributed by atoms with Crippen LogP contribution in [0.25, 0.3) is 0 Å². The number of carbonyl (C=O) groups is 2. The van der Waals surface area contributed by atoms with E-state index in [2.05, 4.69) is 21.9 Å². The average Bonchev–Trinajstić information content (AvgIpc) is 2.67. The summed E-state index contributed by atoms with van der Waals surface area (Å²) in [6, 6.07) is 13.2. The maximum Gasteiger partial charge on any atom is 0.255 e. The number of hydrogen-bond donors (Lipinski definition) is 3. The predicted octanol–water partition coefficient (Wildman–Crippen LogP) is 3.53. The Morgan fingerprint density at radius 1 is 1.00 bits per heavy atom. The van der Waals surface area contributed by atoms with Crippen molar-refractivity contribution in [2.45, 2.75) is 26.5 Å². The van der Waals surface area contributed by atoms with Crippen LogP contribution in [0.4, 0.5) is 11.4 Å². The fourth-order valence-corrected chi connectivity index (χ4v) is 3.51. The Morgan fingerprint density at radius 2 is 1.67 bits per heavy atom. The highest BCUT2D eigenvalue weighted by Gasteiger charge is 2.21. The van der Waals surface area contributed by atoms with Gasteiger partial charge in [0.15, 0.2) is 0 Å². The Kier molecular flexibility index (Phi) is 7.53. The van der Waals surface area contributed by atoms with Crippen LogP contribution in [-0.4, -0.2) is 26.8 Å². The lowest BCUT2D eigenvalue weighted by atomic mass is 9.95. The second-order valence-corrected chi connectivity index (χ2v) is 9.64. The minimum absolute atomic E-state index is 0.145. The monoisotopic (exact) mass is 429 g/mol. The van der Waals surface area contributed by atoms with Crippen molar-refractivity contribution in [3.63, 3.8) is 0 Å². The SMILES string of the molecule is C=CCNS(=O)(=O)Cc1ccc(NC(=O)c2cccc(NC(=O)C(C)(C)C)c2)cc1. The highest BCUT2D eigenvalue weighted by Crippen LogP contribution is 2.19. The fourth-order valence-electron chi connectivity index (χ4n) is 2.40. The molecule has 7 nitrogen and oxygen atoms in total. The molecule has 0 atom stereocenters. The third-order valence-electron chi connectivity index (χ3n) is 4.08. The molecule has 2 aromatic carbocycles. The van der Waals surface area contributed by atoms with Gasteiger partial charge in [-0.25, -0.2) is 13.1 Å². The van der Waals surface area contributed by atoms with Gasteiger partial charge in [-0.3, -0.25) is 9.59 Å². The molecule has 0 aliphatic carbocycles. The zero-order chi connectivity index (χ0) is 22.4. The maximum atomic E-state index is 12.5. The summed E-state index contributed by atoms with van der Waals surface area (Å²) >= 11 is 0. The van der Waals surface area contributed by atoms with Gasteiger partial charge in [0, 0.05) is 28.9 Å². The van der Waals surface area contributed by atoms with Gasteiger partial charge < -0.3 is 10.6 Å². The third kappa shape index (κ3) is 7.13. The van der Waals surface area contributed by atoms with Crippen molar-refractivity contribution in [3.8, 4) is 0 Å². The number of nitrogens with one attached hydrogen (secondary N) is 3. The molecule has 0 saturated heterocycles. The van der Waals surface area contributed by atoms with Crippen molar-refractivity contribution >= 4 is 33.2 Å². The first-order chi connectivity index (χ1) is 14.0. The molecule has 30 heavy (non-hydrogen) atoms. The van der Waals surface area contributed by atoms with Crippen molar-refractivity contribution in [1.29, 1.82) is 0 Å². The summed E-state index contributed by atoms with van der Waals surface area (Å²) in [5.41, 5.74) is 1.51. The lowest BCUT2D eigenvalue weighted by Crippen LogP contribution is -2.27. The molecule has 0 spiro atoms. The Bertz CT molecular complexity index is 1020. The Labute approximate surface area is 177 Å². The number of benzene rings is 2. The van der Waals surface area contributed by atoms with Gasteiger partial charge in [-0.15, -0.1) is 6.58 Å². The standard InChI is InChI=1S/C22H27N3O4S/c1-5-13-23-30(28,29)15-16-9-11-18(12-10-16)24-20(26)17-7-6-8-19(14-17)25-21(27)22(2,3)4/h5-12,14,23H,1,13,15H2,2-4H3,(H,24,26)(H,25,27). The van der Waals surface area contributed by atoms with Crippen LogP contribution in [0, 0.1) is 5.41 Å². The lowest BCUT2D eigenvalue weighted by Gasteiger charge is -2.18. The van der Waals surface area contributed by atoms with Crippen molar-refractivity contribution in [1.82, 2.24) is 4.72 Å². The van der Waals surface area contributed by atoms with E-state index in [0.717, 1.165) is 0 Å². The Balaban J connectivity index is 2.03. The van der Waals surface area contributed by atoms with Crippen LogP contribution in [-0.2, 0) is 20.6 Å². The van der Waals surface area contributed by atoms with Crippen LogP contribution in [0.1, 0.15) is 36.7 Å². The molecule has 0 heterocycles. The van der Waals surface area contributed by atoms with Crippen LogP contribution < -0.4 is 15.4 Å². The van der Waals surface area contributed by atoms with Gasteiger partial charge in [-0.2, -0.15) is 0 Å². The number of carbonyl (C=O) groups excluding carboxylic acids is 2. The van der Waals surface area contributed by atoms with E-state index in [1.807, 2.05) is 20.8 Å². The number of amides is 2. The Morgan fingerprint density at radius 3 is 2.27 bits per heavy atom. The van der Waals surface area contributed by atoms with Gasteiger partial charge in [-0.05, 0) is 35.9 Å². The van der Waals surface area contributed by atoms with Gasteiger partial charge in [0.25, 0.3) is 5.91 Å². The van der Waals surface area contributed by atoms with Crippen LogP contribution in [0.5, 0.6) is 0 Å². The molecule has 0 fully saturated rings. The van der Waals surface area contributed by atoms with E-state index in [1.54, 1.807) is 48.5 Å². The number of rotatable bonds is 8. The number of sulfonamides is 1. The highest BCUT2D eigenvalue weighted by atomic mass is 32.2. The van der Waals surface area contributed by atoms with Crippen LogP contribution in [0.2, 0.25) is 0 Å². The topological polar surface area (TPSA) is 104 Å². The molecule has 2 amide bonds. The van der Waals surface area contributed by atoms with Gasteiger partial charge in [0.05, 0.1) is 5.75 Å². The summed E-state index contributed by atoms with van der Waals surface area (Å²) in [5, 5.41) is 5.56. The summed E-state index contributed by atoms with van der Waals surface area (Å²) in [6.07, 6.45) is 1.47. The quantitative estimate of drug-likeness (QED) is 0.558. The molecule has 0 radical (unpaired) electrons. The fraction of sp³-hybridized carbons (Fsp3) is 0.273. The maximum absolute atomic E-state index is 12.5. The first-order valence-electron chi connectivity index (χ1n) is 9.40. The molecular formula is C22H27N3O4S. The molecule has 160 valence electrons. The normalized spacial score (nSPS) is 11.6. The van der Waals surface area contributed by atoms with Gasteiger partial charge in [-0.1, -0.05) is 45.0 Å². The molecule has 0 unspecified atom stereocenters. The average molecular weight is 430 g/mol. The van der Waals surface area contributed by atoms with E-state index in [-0.39, 0.29) is 24.1 Å². The summed E-state index contributed by atoms with van der Waals surface area (Å²) in [6.45, 7) is 9.08. The highest BCUT2D eigenvalue weighted by molar-refractivity contribution is 7.88. The second kappa shape index (κ2) is 9.69. The van der Waals surface area contributed by atoms with E-state index in [4.69, 9.17) is 0 Å². The first kappa shape index (κ1) is 23.3. The lowest BCUT2D eigenvalue weighted by molar-refractivity contribution is -0.123. The van der Waals surface area contributed by atoms with E-state index in [1.165, 1.54) is 6.08 Å².